The first kappa shape index (κ1) is 15.0. The average molecular weight is 345 g/mol. The van der Waals surface area contributed by atoms with Crippen molar-refractivity contribution in [1.29, 1.82) is 0 Å². The minimum Gasteiger partial charge on any atom is -0.294 e. The SMILES string of the molecule is Cc1csc(-n2c(C)cc(C3=NNC(=NC4CC4)SC3)c2C)n1. The molecule has 0 amide bonds. The van der Waals surface area contributed by atoms with E-state index >= 15 is 0 Å². The summed E-state index contributed by atoms with van der Waals surface area (Å²) in [5.74, 6) is 0.861. The van der Waals surface area contributed by atoms with Gasteiger partial charge in [0.1, 0.15) is 0 Å². The molecule has 1 aliphatic carbocycles. The van der Waals surface area contributed by atoms with Gasteiger partial charge in [-0.2, -0.15) is 5.10 Å². The van der Waals surface area contributed by atoms with E-state index in [1.165, 1.54) is 29.8 Å². The van der Waals surface area contributed by atoms with Gasteiger partial charge in [-0.1, -0.05) is 11.8 Å². The van der Waals surface area contributed by atoms with Gasteiger partial charge >= 0.3 is 0 Å². The van der Waals surface area contributed by atoms with E-state index in [9.17, 15) is 0 Å². The second kappa shape index (κ2) is 5.79. The quantitative estimate of drug-likeness (QED) is 0.927. The molecule has 2 aromatic rings. The van der Waals surface area contributed by atoms with E-state index in [1.54, 1.807) is 23.1 Å². The molecule has 120 valence electrons. The van der Waals surface area contributed by atoms with Crippen molar-refractivity contribution in [3.8, 4) is 5.13 Å². The molecule has 2 aliphatic rings. The molecule has 0 aromatic carbocycles. The lowest BCUT2D eigenvalue weighted by Crippen LogP contribution is -2.26. The van der Waals surface area contributed by atoms with E-state index in [4.69, 9.17) is 0 Å². The third-order valence-corrected chi connectivity index (χ3v) is 5.85. The Morgan fingerprint density at radius 1 is 1.30 bits per heavy atom. The van der Waals surface area contributed by atoms with Gasteiger partial charge in [0, 0.05) is 28.1 Å². The summed E-state index contributed by atoms with van der Waals surface area (Å²) in [5.41, 5.74) is 8.84. The molecule has 3 heterocycles. The summed E-state index contributed by atoms with van der Waals surface area (Å²) in [5, 5.41) is 8.63. The molecule has 1 N–H and O–H groups in total. The van der Waals surface area contributed by atoms with Gasteiger partial charge in [0.05, 0.1) is 17.4 Å². The lowest BCUT2D eigenvalue weighted by Gasteiger charge is -2.15. The lowest BCUT2D eigenvalue weighted by molar-refractivity contribution is 0.940. The minimum atomic E-state index is 0.528. The Balaban J connectivity index is 1.64. The van der Waals surface area contributed by atoms with Crippen molar-refractivity contribution in [2.24, 2.45) is 10.1 Å². The van der Waals surface area contributed by atoms with Gasteiger partial charge in [0.15, 0.2) is 10.3 Å². The van der Waals surface area contributed by atoms with Crippen LogP contribution in [0.2, 0.25) is 0 Å². The van der Waals surface area contributed by atoms with Crippen LogP contribution in [0.5, 0.6) is 0 Å². The zero-order chi connectivity index (χ0) is 16.0. The van der Waals surface area contributed by atoms with Gasteiger partial charge in [-0.15, -0.1) is 11.3 Å². The Morgan fingerprint density at radius 3 is 2.74 bits per heavy atom. The van der Waals surface area contributed by atoms with Crippen LogP contribution in [0.15, 0.2) is 21.5 Å². The highest BCUT2D eigenvalue weighted by Crippen LogP contribution is 2.27. The summed E-state index contributed by atoms with van der Waals surface area (Å²) in [7, 11) is 0. The second-order valence-corrected chi connectivity index (χ2v) is 7.82. The lowest BCUT2D eigenvalue weighted by atomic mass is 10.1. The van der Waals surface area contributed by atoms with E-state index in [0.717, 1.165) is 27.5 Å². The predicted octanol–water partition coefficient (Wildman–Crippen LogP) is 3.42. The molecule has 0 unspecified atom stereocenters. The van der Waals surface area contributed by atoms with Crippen LogP contribution >= 0.6 is 23.1 Å². The van der Waals surface area contributed by atoms with Crippen LogP contribution in [0.25, 0.3) is 5.13 Å². The number of aliphatic imine (C=N–C) groups is 1. The van der Waals surface area contributed by atoms with Gasteiger partial charge in [-0.05, 0) is 39.7 Å². The molecule has 1 saturated carbocycles. The van der Waals surface area contributed by atoms with Gasteiger partial charge in [0.2, 0.25) is 0 Å². The zero-order valence-corrected chi connectivity index (χ0v) is 15.1. The highest BCUT2D eigenvalue weighted by molar-refractivity contribution is 8.14. The number of hydrogen-bond acceptors (Lipinski definition) is 5. The van der Waals surface area contributed by atoms with Crippen molar-refractivity contribution in [2.75, 3.05) is 5.75 Å². The largest absolute Gasteiger partial charge is 0.294 e. The number of aryl methyl sites for hydroxylation is 2. The normalized spacial score (nSPS) is 19.8. The number of thiazole rings is 1. The Kier molecular flexibility index (Phi) is 3.77. The molecule has 0 saturated heterocycles. The molecule has 7 heteroatoms. The van der Waals surface area contributed by atoms with Gasteiger partial charge in [0.25, 0.3) is 0 Å². The zero-order valence-electron chi connectivity index (χ0n) is 13.5. The molecule has 0 atom stereocenters. The summed E-state index contributed by atoms with van der Waals surface area (Å²) in [4.78, 5) is 9.23. The van der Waals surface area contributed by atoms with E-state index in [2.05, 4.69) is 50.4 Å². The fraction of sp³-hybridized carbons (Fsp3) is 0.438. The topological polar surface area (TPSA) is 54.6 Å². The molecule has 1 fully saturated rings. The van der Waals surface area contributed by atoms with Crippen molar-refractivity contribution in [2.45, 2.75) is 39.7 Å². The number of rotatable bonds is 3. The maximum absolute atomic E-state index is 4.62. The van der Waals surface area contributed by atoms with Crippen LogP contribution in [0, 0.1) is 20.8 Å². The molecule has 5 nitrogen and oxygen atoms in total. The fourth-order valence-electron chi connectivity index (χ4n) is 2.68. The van der Waals surface area contributed by atoms with Crippen molar-refractivity contribution in [3.05, 3.63) is 34.1 Å². The molecule has 0 radical (unpaired) electrons. The Bertz CT molecular complexity index is 811. The highest BCUT2D eigenvalue weighted by Gasteiger charge is 2.24. The van der Waals surface area contributed by atoms with Crippen LogP contribution in [-0.2, 0) is 0 Å². The third kappa shape index (κ3) is 2.95. The van der Waals surface area contributed by atoms with E-state index < -0.39 is 0 Å². The first-order valence-electron chi connectivity index (χ1n) is 7.77. The third-order valence-electron chi connectivity index (χ3n) is 4.02. The van der Waals surface area contributed by atoms with Crippen LogP contribution in [0.4, 0.5) is 0 Å². The summed E-state index contributed by atoms with van der Waals surface area (Å²) < 4.78 is 2.22. The maximum atomic E-state index is 4.62. The molecule has 23 heavy (non-hydrogen) atoms. The number of nitrogens with one attached hydrogen (secondary N) is 1. The van der Waals surface area contributed by atoms with Crippen LogP contribution in [-0.4, -0.2) is 32.2 Å². The number of amidine groups is 1. The van der Waals surface area contributed by atoms with Crippen molar-refractivity contribution in [3.63, 3.8) is 0 Å². The first-order chi connectivity index (χ1) is 11.1. The Labute approximate surface area is 143 Å². The smallest absolute Gasteiger partial charge is 0.194 e. The van der Waals surface area contributed by atoms with E-state index in [-0.39, 0.29) is 0 Å². The Morgan fingerprint density at radius 2 is 2.13 bits per heavy atom. The molecule has 1 aliphatic heterocycles. The highest BCUT2D eigenvalue weighted by atomic mass is 32.2. The number of nitrogens with zero attached hydrogens (tertiary/aromatic N) is 4. The molecule has 2 aromatic heterocycles. The summed E-state index contributed by atoms with van der Waals surface area (Å²) in [6.07, 6.45) is 2.44. The number of aromatic nitrogens is 2. The van der Waals surface area contributed by atoms with Crippen molar-refractivity contribution >= 4 is 34.0 Å². The molecule has 0 spiro atoms. The second-order valence-electron chi connectivity index (χ2n) is 6.02. The number of thioether (sulfide) groups is 1. The minimum absolute atomic E-state index is 0.528. The van der Waals surface area contributed by atoms with Crippen molar-refractivity contribution < 1.29 is 0 Å². The average Bonchev–Trinajstić information content (AvgIpc) is 3.17. The molecule has 4 rings (SSSR count). The molecular weight excluding hydrogens is 326 g/mol. The predicted molar refractivity (Wildman–Crippen MR) is 98.2 cm³/mol. The monoisotopic (exact) mass is 345 g/mol. The maximum Gasteiger partial charge on any atom is 0.194 e. The van der Waals surface area contributed by atoms with Crippen LogP contribution in [0.3, 0.4) is 0 Å². The number of hydrogen-bond donors (Lipinski definition) is 1. The van der Waals surface area contributed by atoms with Gasteiger partial charge < -0.3 is 0 Å². The van der Waals surface area contributed by atoms with Gasteiger partial charge in [-0.25, -0.2) is 4.98 Å². The Hall–Kier alpha value is -1.60. The summed E-state index contributed by atoms with van der Waals surface area (Å²) in [6.45, 7) is 6.29. The summed E-state index contributed by atoms with van der Waals surface area (Å²) in [6, 6.07) is 2.73. The van der Waals surface area contributed by atoms with Gasteiger partial charge in [-0.3, -0.25) is 15.0 Å². The molecular formula is C16H19N5S2. The fourth-order valence-corrected chi connectivity index (χ4v) is 4.42. The van der Waals surface area contributed by atoms with E-state index in [1.807, 2.05) is 6.92 Å². The summed E-state index contributed by atoms with van der Waals surface area (Å²) >= 11 is 3.42. The standard InChI is InChI=1S/C16H19N5S2/c1-9-7-23-16(17-9)21-10(2)6-13(11(21)3)14-8-22-15(20-19-14)18-12-4-5-12/h6-7,12H,4-5,8H2,1-3H3,(H,18,20). The van der Waals surface area contributed by atoms with E-state index in [0.29, 0.717) is 6.04 Å². The number of hydrazone groups is 1. The first-order valence-corrected chi connectivity index (χ1v) is 9.63. The molecule has 0 bridgehead atoms. The van der Waals surface area contributed by atoms with Crippen molar-refractivity contribution in [1.82, 2.24) is 15.0 Å². The van der Waals surface area contributed by atoms with Crippen LogP contribution in [0.1, 0.15) is 35.5 Å². The van der Waals surface area contributed by atoms with Crippen LogP contribution < -0.4 is 5.43 Å².